The lowest BCUT2D eigenvalue weighted by molar-refractivity contribution is -0.131. The quantitative estimate of drug-likeness (QED) is 0.840. The van der Waals surface area contributed by atoms with Gasteiger partial charge in [-0.1, -0.05) is 26.8 Å². The van der Waals surface area contributed by atoms with Crippen molar-refractivity contribution in [2.75, 3.05) is 11.6 Å². The first-order chi connectivity index (χ1) is 9.24. The Morgan fingerprint density at radius 2 is 1.90 bits per heavy atom. The maximum Gasteiger partial charge on any atom is 0.246 e. The molecule has 110 valence electrons. The van der Waals surface area contributed by atoms with Gasteiger partial charge in [-0.05, 0) is 31.4 Å². The lowest BCUT2D eigenvalue weighted by Crippen LogP contribution is -2.46. The SMILES string of the molecule is CSc1cccc(NC(=O)[C@@H](C)NC(=O)C(C)(C)C)c1. The van der Waals surface area contributed by atoms with Gasteiger partial charge in [0, 0.05) is 16.0 Å². The molecule has 2 N–H and O–H groups in total. The highest BCUT2D eigenvalue weighted by Gasteiger charge is 2.25. The molecular weight excluding hydrogens is 272 g/mol. The Morgan fingerprint density at radius 3 is 2.45 bits per heavy atom. The molecule has 5 heteroatoms. The van der Waals surface area contributed by atoms with Crippen LogP contribution in [0.5, 0.6) is 0 Å². The third-order valence-electron chi connectivity index (χ3n) is 2.76. The molecule has 0 saturated heterocycles. The van der Waals surface area contributed by atoms with Crippen LogP contribution in [0.15, 0.2) is 29.2 Å². The smallest absolute Gasteiger partial charge is 0.246 e. The van der Waals surface area contributed by atoms with Crippen LogP contribution in [0.3, 0.4) is 0 Å². The van der Waals surface area contributed by atoms with E-state index in [9.17, 15) is 9.59 Å². The van der Waals surface area contributed by atoms with Gasteiger partial charge < -0.3 is 10.6 Å². The maximum absolute atomic E-state index is 12.0. The molecule has 0 radical (unpaired) electrons. The zero-order chi connectivity index (χ0) is 15.3. The Balaban J connectivity index is 2.64. The van der Waals surface area contributed by atoms with Gasteiger partial charge in [0.15, 0.2) is 0 Å². The summed E-state index contributed by atoms with van der Waals surface area (Å²) in [7, 11) is 0. The van der Waals surface area contributed by atoms with Crippen molar-refractivity contribution in [3.05, 3.63) is 24.3 Å². The van der Waals surface area contributed by atoms with Crippen molar-refractivity contribution in [1.82, 2.24) is 5.32 Å². The number of hydrogen-bond acceptors (Lipinski definition) is 3. The largest absolute Gasteiger partial charge is 0.344 e. The van der Waals surface area contributed by atoms with E-state index in [0.29, 0.717) is 0 Å². The third kappa shape index (κ3) is 4.89. The monoisotopic (exact) mass is 294 g/mol. The molecule has 0 heterocycles. The van der Waals surface area contributed by atoms with Crippen LogP contribution in [0.4, 0.5) is 5.69 Å². The second kappa shape index (κ2) is 6.79. The zero-order valence-electron chi connectivity index (χ0n) is 12.6. The van der Waals surface area contributed by atoms with Gasteiger partial charge in [0.2, 0.25) is 11.8 Å². The predicted molar refractivity (Wildman–Crippen MR) is 83.9 cm³/mol. The molecule has 0 aliphatic carbocycles. The van der Waals surface area contributed by atoms with Crippen molar-refractivity contribution in [1.29, 1.82) is 0 Å². The number of thioether (sulfide) groups is 1. The van der Waals surface area contributed by atoms with Crippen molar-refractivity contribution in [3.63, 3.8) is 0 Å². The number of carbonyl (C=O) groups excluding carboxylic acids is 2. The van der Waals surface area contributed by atoms with Gasteiger partial charge in [-0.15, -0.1) is 11.8 Å². The second-order valence-electron chi connectivity index (χ2n) is 5.67. The molecule has 0 spiro atoms. The van der Waals surface area contributed by atoms with Crippen LogP contribution in [-0.4, -0.2) is 24.1 Å². The molecule has 4 nitrogen and oxygen atoms in total. The number of amides is 2. The fourth-order valence-corrected chi connectivity index (χ4v) is 1.89. The molecule has 1 rings (SSSR count). The molecule has 2 amide bonds. The van der Waals surface area contributed by atoms with Crippen molar-refractivity contribution < 1.29 is 9.59 Å². The van der Waals surface area contributed by atoms with Gasteiger partial charge in [0.25, 0.3) is 0 Å². The van der Waals surface area contributed by atoms with E-state index in [2.05, 4.69) is 10.6 Å². The van der Waals surface area contributed by atoms with Crippen LogP contribution in [0, 0.1) is 5.41 Å². The van der Waals surface area contributed by atoms with E-state index in [4.69, 9.17) is 0 Å². The molecule has 0 fully saturated rings. The zero-order valence-corrected chi connectivity index (χ0v) is 13.4. The lowest BCUT2D eigenvalue weighted by atomic mass is 9.95. The summed E-state index contributed by atoms with van der Waals surface area (Å²) in [6.45, 7) is 7.12. The first-order valence-corrected chi connectivity index (χ1v) is 7.72. The number of benzene rings is 1. The first kappa shape index (κ1) is 16.6. The number of anilines is 1. The average molecular weight is 294 g/mol. The first-order valence-electron chi connectivity index (χ1n) is 6.50. The molecule has 0 aliphatic rings. The Bertz CT molecular complexity index is 495. The van der Waals surface area contributed by atoms with Gasteiger partial charge in [-0.25, -0.2) is 0 Å². The van der Waals surface area contributed by atoms with Crippen LogP contribution in [0.25, 0.3) is 0 Å². The van der Waals surface area contributed by atoms with Crippen molar-refractivity contribution >= 4 is 29.3 Å². The molecule has 1 aromatic rings. The highest BCUT2D eigenvalue weighted by molar-refractivity contribution is 7.98. The fraction of sp³-hybridized carbons (Fsp3) is 0.467. The molecule has 0 aliphatic heterocycles. The predicted octanol–water partition coefficient (Wildman–Crippen LogP) is 2.90. The summed E-state index contributed by atoms with van der Waals surface area (Å²) in [5, 5.41) is 5.52. The van der Waals surface area contributed by atoms with Crippen LogP contribution in [0.2, 0.25) is 0 Å². The number of nitrogens with one attached hydrogen (secondary N) is 2. The Hall–Kier alpha value is -1.49. The summed E-state index contributed by atoms with van der Waals surface area (Å²) in [5.74, 6) is -0.362. The van der Waals surface area contributed by atoms with Crippen LogP contribution in [0.1, 0.15) is 27.7 Å². The summed E-state index contributed by atoms with van der Waals surface area (Å²) < 4.78 is 0. The van der Waals surface area contributed by atoms with E-state index < -0.39 is 11.5 Å². The van der Waals surface area contributed by atoms with Gasteiger partial charge in [-0.3, -0.25) is 9.59 Å². The molecule has 20 heavy (non-hydrogen) atoms. The molecule has 1 atom stereocenters. The molecule has 1 aromatic carbocycles. The lowest BCUT2D eigenvalue weighted by Gasteiger charge is -2.21. The van der Waals surface area contributed by atoms with Gasteiger partial charge >= 0.3 is 0 Å². The van der Waals surface area contributed by atoms with Crippen LogP contribution < -0.4 is 10.6 Å². The summed E-state index contributed by atoms with van der Waals surface area (Å²) in [5.41, 5.74) is 0.228. The number of rotatable bonds is 4. The van der Waals surface area contributed by atoms with E-state index >= 15 is 0 Å². The minimum Gasteiger partial charge on any atom is -0.344 e. The average Bonchev–Trinajstić information content (AvgIpc) is 2.37. The van der Waals surface area contributed by atoms with E-state index in [1.54, 1.807) is 18.7 Å². The Morgan fingerprint density at radius 1 is 1.25 bits per heavy atom. The van der Waals surface area contributed by atoms with Crippen LogP contribution in [-0.2, 0) is 9.59 Å². The van der Waals surface area contributed by atoms with E-state index in [1.165, 1.54) is 0 Å². The second-order valence-corrected chi connectivity index (χ2v) is 6.55. The van der Waals surface area contributed by atoms with E-state index in [0.717, 1.165) is 10.6 Å². The van der Waals surface area contributed by atoms with Crippen LogP contribution >= 0.6 is 11.8 Å². The van der Waals surface area contributed by atoms with E-state index in [-0.39, 0.29) is 11.8 Å². The fourth-order valence-electron chi connectivity index (χ4n) is 1.43. The topological polar surface area (TPSA) is 58.2 Å². The molecule has 0 saturated carbocycles. The Labute approximate surface area is 124 Å². The molecule has 0 aromatic heterocycles. The summed E-state index contributed by atoms with van der Waals surface area (Å²) in [6, 6.07) is 7.03. The number of hydrogen-bond donors (Lipinski definition) is 2. The normalized spacial score (nSPS) is 12.7. The van der Waals surface area contributed by atoms with E-state index in [1.807, 2.05) is 51.3 Å². The molecule has 0 unspecified atom stereocenters. The van der Waals surface area contributed by atoms with Crippen molar-refractivity contribution in [2.24, 2.45) is 5.41 Å². The summed E-state index contributed by atoms with van der Waals surface area (Å²) in [4.78, 5) is 25.0. The van der Waals surface area contributed by atoms with Gasteiger partial charge in [-0.2, -0.15) is 0 Å². The minimum atomic E-state index is -0.570. The minimum absolute atomic E-state index is 0.141. The summed E-state index contributed by atoms with van der Waals surface area (Å²) >= 11 is 1.61. The third-order valence-corrected chi connectivity index (χ3v) is 3.48. The highest BCUT2D eigenvalue weighted by Crippen LogP contribution is 2.19. The molecule has 0 bridgehead atoms. The van der Waals surface area contributed by atoms with Crippen molar-refractivity contribution in [3.8, 4) is 0 Å². The number of carbonyl (C=O) groups is 2. The summed E-state index contributed by atoms with van der Waals surface area (Å²) in [6.07, 6.45) is 1.98. The van der Waals surface area contributed by atoms with Crippen molar-refractivity contribution in [2.45, 2.75) is 38.6 Å². The highest BCUT2D eigenvalue weighted by atomic mass is 32.2. The maximum atomic E-state index is 12.0. The standard InChI is InChI=1S/C15H22N2O2S/c1-10(16-14(19)15(2,3)4)13(18)17-11-7-6-8-12(9-11)20-5/h6-10H,1-5H3,(H,16,19)(H,17,18)/t10-/m1/s1. The Kier molecular flexibility index (Phi) is 5.62. The van der Waals surface area contributed by atoms with Gasteiger partial charge in [0.1, 0.15) is 6.04 Å². The molecular formula is C15H22N2O2S. The van der Waals surface area contributed by atoms with Gasteiger partial charge in [0.05, 0.1) is 0 Å².